The molecule has 0 aliphatic heterocycles. The molecule has 0 amide bonds. The van der Waals surface area contributed by atoms with Crippen LogP contribution in [0.25, 0.3) is 0 Å². The number of alkyl halides is 19. The van der Waals surface area contributed by atoms with Crippen LogP contribution in [0.15, 0.2) is 40.5 Å². The average Bonchev–Trinajstić information content (AvgIpc) is 2.65. The van der Waals surface area contributed by atoms with Crippen molar-refractivity contribution < 1.29 is 101 Å². The second kappa shape index (κ2) is 9.72. The predicted molar refractivity (Wildman–Crippen MR) is 86.5 cm³/mol. The Morgan fingerprint density at radius 2 is 0.925 bits per heavy atom. The Kier molecular flexibility index (Phi) is 8.59. The van der Waals surface area contributed by atoms with Crippen molar-refractivity contribution >= 4 is 10.1 Å². The van der Waals surface area contributed by atoms with E-state index in [1.54, 1.807) is 0 Å². The first-order chi connectivity index (χ1) is 17.2. The highest BCUT2D eigenvalue weighted by molar-refractivity contribution is 7.85. The molecule has 0 heterocycles. The van der Waals surface area contributed by atoms with Crippen LogP contribution in [-0.4, -0.2) is 55.7 Å². The number of ether oxygens (including phenoxy) is 1. The van der Waals surface area contributed by atoms with Gasteiger partial charge in [0.1, 0.15) is 11.3 Å². The molecule has 0 aliphatic carbocycles. The summed E-state index contributed by atoms with van der Waals surface area (Å²) in [5.74, 6) is -25.1. The molecule has 0 spiro atoms. The van der Waals surface area contributed by atoms with Crippen LogP contribution in [0.2, 0.25) is 0 Å². The van der Waals surface area contributed by atoms with Crippen molar-refractivity contribution in [2.45, 2.75) is 47.6 Å². The van der Waals surface area contributed by atoms with Crippen LogP contribution >= 0.6 is 0 Å². The number of hydrogen-bond donors (Lipinski definition) is 1. The molecule has 0 aliphatic rings. The maximum atomic E-state index is 14.1. The van der Waals surface area contributed by atoms with Gasteiger partial charge in [-0.3, -0.25) is 4.55 Å². The van der Waals surface area contributed by atoms with Gasteiger partial charge in [-0.1, -0.05) is 0 Å². The molecule has 0 aromatic heterocycles. The van der Waals surface area contributed by atoms with Gasteiger partial charge in [0, 0.05) is 0 Å². The van der Waals surface area contributed by atoms with Crippen molar-refractivity contribution in [3.63, 3.8) is 0 Å². The zero-order valence-corrected chi connectivity index (χ0v) is 18.4. The normalized spacial score (nSPS) is 16.1. The van der Waals surface area contributed by atoms with Crippen LogP contribution in [0.5, 0.6) is 5.75 Å². The Balaban J connectivity index is 4.66. The van der Waals surface area contributed by atoms with Gasteiger partial charge in [0.25, 0.3) is 10.1 Å². The SMILES string of the molecule is O=S(=O)(O)c1ccc(O/C(=C(\C(F)(F)F)C(C(F)(F)F)(C(F)(F)C(F)(F)F)C(F)(F)C(F)(F)F)C(F)(F)F)cc1. The number of rotatable bonds is 6. The highest BCUT2D eigenvalue weighted by Crippen LogP contribution is 2.72. The summed E-state index contributed by atoms with van der Waals surface area (Å²) < 4.78 is 290. The summed E-state index contributed by atoms with van der Waals surface area (Å²) in [6, 6.07) is -0.918. The van der Waals surface area contributed by atoms with E-state index in [9.17, 15) is 91.8 Å². The fraction of sp³-hybridized carbons (Fsp3) is 0.500. The van der Waals surface area contributed by atoms with E-state index >= 15 is 0 Å². The first-order valence-corrected chi connectivity index (χ1v) is 10.2. The van der Waals surface area contributed by atoms with Crippen LogP contribution in [0.4, 0.5) is 83.4 Å². The lowest BCUT2D eigenvalue weighted by molar-refractivity contribution is -0.457. The smallest absolute Gasteiger partial charge is 0.452 e. The van der Waals surface area contributed by atoms with Crippen molar-refractivity contribution in [1.82, 2.24) is 0 Å². The van der Waals surface area contributed by atoms with Gasteiger partial charge in [0.2, 0.25) is 11.2 Å². The summed E-state index contributed by atoms with van der Waals surface area (Å²) in [4.78, 5) is -1.37. The lowest BCUT2D eigenvalue weighted by atomic mass is 9.66. The molecule has 0 bridgehead atoms. The zero-order valence-electron chi connectivity index (χ0n) is 17.6. The minimum absolute atomic E-state index is 0.127. The van der Waals surface area contributed by atoms with Crippen molar-refractivity contribution in [2.75, 3.05) is 0 Å². The lowest BCUT2D eigenvalue weighted by Gasteiger charge is -2.48. The summed E-state index contributed by atoms with van der Waals surface area (Å²) in [7, 11) is -5.30. The van der Waals surface area contributed by atoms with Crippen LogP contribution in [0.1, 0.15) is 0 Å². The fourth-order valence-electron chi connectivity index (χ4n) is 2.99. The van der Waals surface area contributed by atoms with Crippen molar-refractivity contribution in [3.8, 4) is 5.75 Å². The standard InChI is InChI=1S/C16H5F19O4S/c17-10(18,19)7(8(11(20,21)22)39-5-1-3-6(4-2-5)40(36,37)38)9(14(27,28)29,12(23,24)15(30,31)32)13(25,26)16(33,34)35/h1-4H,(H,36,37,38)/b8-7-. The Morgan fingerprint density at radius 1 is 0.575 bits per heavy atom. The van der Waals surface area contributed by atoms with Gasteiger partial charge >= 0.3 is 42.7 Å². The molecule has 0 unspecified atom stereocenters. The van der Waals surface area contributed by atoms with E-state index in [-0.39, 0.29) is 24.3 Å². The van der Waals surface area contributed by atoms with Gasteiger partial charge in [-0.05, 0) is 24.3 Å². The zero-order chi connectivity index (χ0) is 32.3. The summed E-state index contributed by atoms with van der Waals surface area (Å²) in [6.45, 7) is 0. The van der Waals surface area contributed by atoms with Gasteiger partial charge in [-0.15, -0.1) is 0 Å². The van der Waals surface area contributed by atoms with E-state index < -0.39 is 80.2 Å². The van der Waals surface area contributed by atoms with Gasteiger partial charge in [-0.2, -0.15) is 91.8 Å². The second-order valence-corrected chi connectivity index (χ2v) is 8.56. The third-order valence-corrected chi connectivity index (χ3v) is 5.43. The average molecular weight is 654 g/mol. The first-order valence-electron chi connectivity index (χ1n) is 8.79. The molecule has 1 aromatic carbocycles. The number of allylic oxidation sites excluding steroid dienone is 2. The van der Waals surface area contributed by atoms with Crippen LogP contribution in [-0.2, 0) is 10.1 Å². The van der Waals surface area contributed by atoms with E-state index in [1.807, 2.05) is 0 Å². The van der Waals surface area contributed by atoms with Crippen LogP contribution in [0.3, 0.4) is 0 Å². The highest BCUT2D eigenvalue weighted by Gasteiger charge is 2.96. The number of benzene rings is 1. The Bertz CT molecular complexity index is 1190. The van der Waals surface area contributed by atoms with Crippen molar-refractivity contribution in [3.05, 3.63) is 35.6 Å². The second-order valence-electron chi connectivity index (χ2n) is 7.14. The molecule has 0 atom stereocenters. The van der Waals surface area contributed by atoms with E-state index in [2.05, 4.69) is 4.74 Å². The maximum absolute atomic E-state index is 14.1. The number of halogens is 19. The Morgan fingerprint density at radius 3 is 1.15 bits per heavy atom. The van der Waals surface area contributed by atoms with Gasteiger partial charge in [-0.25, -0.2) is 0 Å². The van der Waals surface area contributed by atoms with Gasteiger partial charge in [0.05, 0.1) is 4.90 Å². The molecule has 0 saturated carbocycles. The highest BCUT2D eigenvalue weighted by atomic mass is 32.2. The topological polar surface area (TPSA) is 63.6 Å². The van der Waals surface area contributed by atoms with Crippen molar-refractivity contribution in [1.29, 1.82) is 0 Å². The minimum Gasteiger partial charge on any atom is -0.452 e. The van der Waals surface area contributed by atoms with E-state index in [1.165, 1.54) is 0 Å². The van der Waals surface area contributed by atoms with E-state index in [4.69, 9.17) is 4.55 Å². The molecule has 1 N–H and O–H groups in total. The molecular weight excluding hydrogens is 649 g/mol. The third kappa shape index (κ3) is 5.86. The molecule has 40 heavy (non-hydrogen) atoms. The quantitative estimate of drug-likeness (QED) is 0.195. The van der Waals surface area contributed by atoms with Gasteiger partial charge < -0.3 is 4.74 Å². The molecule has 0 saturated heterocycles. The fourth-order valence-corrected chi connectivity index (χ4v) is 3.47. The van der Waals surface area contributed by atoms with Crippen LogP contribution in [0, 0.1) is 5.41 Å². The summed E-state index contributed by atoms with van der Waals surface area (Å²) in [5.41, 5.74) is -15.1. The monoisotopic (exact) mass is 654 g/mol. The van der Waals surface area contributed by atoms with Crippen molar-refractivity contribution in [2.24, 2.45) is 5.41 Å². The largest absolute Gasteiger partial charge is 0.454 e. The Hall–Kier alpha value is -2.66. The molecule has 1 aromatic rings. The van der Waals surface area contributed by atoms with E-state index in [0.717, 1.165) is 0 Å². The van der Waals surface area contributed by atoms with Gasteiger partial charge in [0.15, 0.2) is 0 Å². The molecule has 0 fully saturated rings. The first kappa shape index (κ1) is 35.4. The molecule has 4 nitrogen and oxygen atoms in total. The molecular formula is C16H5F19O4S. The molecule has 1 rings (SSSR count). The summed E-state index contributed by atoms with van der Waals surface area (Å²) in [5, 5.41) is 0. The predicted octanol–water partition coefficient (Wildman–Crippen LogP) is 7.63. The summed E-state index contributed by atoms with van der Waals surface area (Å²) >= 11 is 0. The third-order valence-electron chi connectivity index (χ3n) is 4.56. The van der Waals surface area contributed by atoms with E-state index in [0.29, 0.717) is 0 Å². The lowest BCUT2D eigenvalue weighted by Crippen LogP contribution is -2.73. The number of hydrogen-bond acceptors (Lipinski definition) is 3. The summed E-state index contributed by atoms with van der Waals surface area (Å²) in [6.07, 6.45) is -41.5. The molecule has 0 radical (unpaired) electrons. The maximum Gasteiger partial charge on any atom is 0.454 e. The minimum atomic E-state index is -9.15. The van der Waals surface area contributed by atoms with Crippen LogP contribution < -0.4 is 4.74 Å². The molecule has 232 valence electrons. The molecule has 24 heteroatoms. The Labute approximate surface area is 206 Å².